The summed E-state index contributed by atoms with van der Waals surface area (Å²) >= 11 is 5.56. The molecule has 106 valence electrons. The zero-order chi connectivity index (χ0) is 14.8. The number of carboxylic acids is 1. The van der Waals surface area contributed by atoms with Crippen LogP contribution in [0.4, 0.5) is 8.78 Å². The maximum atomic E-state index is 13.5. The minimum atomic E-state index is -4.40. The molecule has 0 spiro atoms. The van der Waals surface area contributed by atoms with Gasteiger partial charge in [-0.15, -0.1) is 0 Å². The van der Waals surface area contributed by atoms with Gasteiger partial charge in [0.15, 0.2) is 11.6 Å². The van der Waals surface area contributed by atoms with Gasteiger partial charge in [0.1, 0.15) is 4.90 Å². The molecule has 0 amide bonds. The van der Waals surface area contributed by atoms with Crippen LogP contribution in [0.15, 0.2) is 17.0 Å². The number of nitrogens with zero attached hydrogens (tertiary/aromatic N) is 1. The first kappa shape index (κ1) is 15.8. The van der Waals surface area contributed by atoms with Gasteiger partial charge in [0.05, 0.1) is 11.4 Å². The van der Waals surface area contributed by atoms with E-state index in [9.17, 15) is 22.0 Å². The molecule has 9 heteroatoms. The van der Waals surface area contributed by atoms with Crippen molar-refractivity contribution in [2.24, 2.45) is 0 Å². The van der Waals surface area contributed by atoms with Gasteiger partial charge in [-0.05, 0) is 12.1 Å². The molecule has 0 aliphatic rings. The summed E-state index contributed by atoms with van der Waals surface area (Å²) in [5.41, 5.74) is 0. The van der Waals surface area contributed by atoms with E-state index in [1.807, 2.05) is 0 Å². The fourth-order valence-corrected chi connectivity index (χ4v) is 2.99. The molecule has 1 aromatic rings. The van der Waals surface area contributed by atoms with Crippen LogP contribution in [0.1, 0.15) is 6.42 Å². The summed E-state index contributed by atoms with van der Waals surface area (Å²) < 4.78 is 51.2. The lowest BCUT2D eigenvalue weighted by atomic mass is 10.3. The second-order valence-corrected chi connectivity index (χ2v) is 6.03. The predicted molar refractivity (Wildman–Crippen MR) is 63.4 cm³/mol. The molecule has 0 bridgehead atoms. The van der Waals surface area contributed by atoms with Crippen LogP contribution in [0.5, 0.6) is 0 Å². The van der Waals surface area contributed by atoms with Crippen LogP contribution in [-0.4, -0.2) is 37.4 Å². The Morgan fingerprint density at radius 2 is 2.00 bits per heavy atom. The highest BCUT2D eigenvalue weighted by Crippen LogP contribution is 2.28. The number of rotatable bonds is 5. The Bertz CT molecular complexity index is 606. The average molecular weight is 314 g/mol. The second-order valence-electron chi connectivity index (χ2n) is 3.64. The smallest absolute Gasteiger partial charge is 0.304 e. The van der Waals surface area contributed by atoms with Gasteiger partial charge in [-0.25, -0.2) is 21.5 Å². The van der Waals surface area contributed by atoms with Crippen molar-refractivity contribution in [1.29, 1.82) is 0 Å². The lowest BCUT2D eigenvalue weighted by Crippen LogP contribution is -2.30. The van der Waals surface area contributed by atoms with E-state index >= 15 is 0 Å². The summed E-state index contributed by atoms with van der Waals surface area (Å²) in [4.78, 5) is 9.38. The number of carboxylic acid groups (broad SMARTS) is 1. The molecule has 19 heavy (non-hydrogen) atoms. The molecule has 0 aliphatic heterocycles. The monoisotopic (exact) mass is 313 g/mol. The number of halogens is 3. The topological polar surface area (TPSA) is 74.7 Å². The van der Waals surface area contributed by atoms with Crippen molar-refractivity contribution in [3.8, 4) is 0 Å². The number of carbonyl (C=O) groups is 1. The molecule has 0 atom stereocenters. The van der Waals surface area contributed by atoms with Gasteiger partial charge >= 0.3 is 5.97 Å². The van der Waals surface area contributed by atoms with E-state index in [1.165, 1.54) is 0 Å². The predicted octanol–water partition coefficient (Wildman–Crippen LogP) is 1.71. The van der Waals surface area contributed by atoms with Gasteiger partial charge in [0.25, 0.3) is 0 Å². The first-order valence-corrected chi connectivity index (χ1v) is 6.81. The van der Waals surface area contributed by atoms with Crippen LogP contribution < -0.4 is 0 Å². The summed E-state index contributed by atoms with van der Waals surface area (Å²) in [5, 5.41) is 8.00. The highest BCUT2D eigenvalue weighted by atomic mass is 35.5. The van der Waals surface area contributed by atoms with Gasteiger partial charge < -0.3 is 5.11 Å². The Morgan fingerprint density at radius 1 is 1.42 bits per heavy atom. The van der Waals surface area contributed by atoms with Crippen LogP contribution in [0.2, 0.25) is 5.02 Å². The van der Waals surface area contributed by atoms with Gasteiger partial charge in [-0.3, -0.25) is 4.79 Å². The molecule has 5 nitrogen and oxygen atoms in total. The second kappa shape index (κ2) is 5.81. The number of hydrogen-bond donors (Lipinski definition) is 1. The van der Waals surface area contributed by atoms with Crippen LogP contribution in [0.3, 0.4) is 0 Å². The van der Waals surface area contributed by atoms with Crippen molar-refractivity contribution in [3.63, 3.8) is 0 Å². The minimum Gasteiger partial charge on any atom is -0.481 e. The third-order valence-corrected chi connectivity index (χ3v) is 4.66. The maximum absolute atomic E-state index is 13.5. The molecule has 1 aromatic carbocycles. The third kappa shape index (κ3) is 3.40. The molecule has 0 aromatic heterocycles. The molecular formula is C10H10ClF2NO4S. The molecule has 0 saturated heterocycles. The van der Waals surface area contributed by atoms with E-state index < -0.39 is 44.0 Å². The van der Waals surface area contributed by atoms with Crippen LogP contribution in [-0.2, 0) is 14.8 Å². The normalized spacial score (nSPS) is 11.8. The van der Waals surface area contributed by atoms with Crippen molar-refractivity contribution >= 4 is 27.6 Å². The Balaban J connectivity index is 3.21. The van der Waals surface area contributed by atoms with Crippen molar-refractivity contribution in [2.75, 3.05) is 13.6 Å². The van der Waals surface area contributed by atoms with Crippen LogP contribution >= 0.6 is 11.6 Å². The van der Waals surface area contributed by atoms with Crippen molar-refractivity contribution < 1.29 is 27.1 Å². The lowest BCUT2D eigenvalue weighted by molar-refractivity contribution is -0.137. The standard InChI is InChI=1S/C10H10ClF2NO4S/c1-14(5-4-8(15)16)19(17,18)10-6(11)2-3-7(12)9(10)13/h2-3H,4-5H2,1H3,(H,15,16). The molecule has 1 N–H and O–H groups in total. The van der Waals surface area contributed by atoms with Crippen LogP contribution in [0.25, 0.3) is 0 Å². The number of hydrogen-bond acceptors (Lipinski definition) is 3. The molecule has 0 fully saturated rings. The molecule has 0 heterocycles. The van der Waals surface area contributed by atoms with E-state index in [2.05, 4.69) is 0 Å². The number of benzene rings is 1. The summed E-state index contributed by atoms with van der Waals surface area (Å²) in [7, 11) is -3.34. The van der Waals surface area contributed by atoms with Gasteiger partial charge in [-0.2, -0.15) is 0 Å². The summed E-state index contributed by atoms with van der Waals surface area (Å²) in [6.45, 7) is -0.385. The quantitative estimate of drug-likeness (QED) is 0.840. The Kier molecular flexibility index (Phi) is 4.83. The third-order valence-electron chi connectivity index (χ3n) is 2.31. The number of aliphatic carboxylic acids is 1. The zero-order valence-electron chi connectivity index (χ0n) is 9.73. The Hall–Kier alpha value is -1.25. The van der Waals surface area contributed by atoms with Crippen LogP contribution in [0, 0.1) is 11.6 Å². The molecule has 0 unspecified atom stereocenters. The average Bonchev–Trinajstić information content (AvgIpc) is 2.30. The molecule has 0 aliphatic carbocycles. The highest BCUT2D eigenvalue weighted by Gasteiger charge is 2.29. The first-order valence-electron chi connectivity index (χ1n) is 4.99. The highest BCUT2D eigenvalue weighted by molar-refractivity contribution is 7.89. The fraction of sp³-hybridized carbons (Fsp3) is 0.300. The Labute approximate surface area is 113 Å². The van der Waals surface area contributed by atoms with Crippen molar-refractivity contribution in [3.05, 3.63) is 28.8 Å². The fourth-order valence-electron chi connectivity index (χ4n) is 1.27. The lowest BCUT2D eigenvalue weighted by Gasteiger charge is -2.17. The van der Waals surface area contributed by atoms with Crippen molar-refractivity contribution in [1.82, 2.24) is 4.31 Å². The van der Waals surface area contributed by atoms with E-state index in [1.54, 1.807) is 0 Å². The summed E-state index contributed by atoms with van der Waals surface area (Å²) in [5.74, 6) is -4.16. The van der Waals surface area contributed by atoms with Gasteiger partial charge in [-0.1, -0.05) is 11.6 Å². The maximum Gasteiger partial charge on any atom is 0.304 e. The Morgan fingerprint density at radius 3 is 2.53 bits per heavy atom. The van der Waals surface area contributed by atoms with Gasteiger partial charge in [0, 0.05) is 13.6 Å². The minimum absolute atomic E-state index is 0.385. The summed E-state index contributed by atoms with van der Waals surface area (Å²) in [6, 6.07) is 1.62. The van der Waals surface area contributed by atoms with E-state index in [0.29, 0.717) is 10.4 Å². The van der Waals surface area contributed by atoms with Gasteiger partial charge in [0.2, 0.25) is 10.0 Å². The van der Waals surface area contributed by atoms with E-state index in [0.717, 1.165) is 13.1 Å². The molecule has 0 saturated carbocycles. The largest absolute Gasteiger partial charge is 0.481 e. The zero-order valence-corrected chi connectivity index (χ0v) is 11.3. The molecular weight excluding hydrogens is 304 g/mol. The number of sulfonamides is 1. The van der Waals surface area contributed by atoms with E-state index in [-0.39, 0.29) is 6.54 Å². The summed E-state index contributed by atoms with van der Waals surface area (Å²) in [6.07, 6.45) is -0.468. The van der Waals surface area contributed by atoms with Crippen molar-refractivity contribution in [2.45, 2.75) is 11.3 Å². The van der Waals surface area contributed by atoms with E-state index in [4.69, 9.17) is 16.7 Å². The SMILES string of the molecule is CN(CCC(=O)O)S(=O)(=O)c1c(Cl)ccc(F)c1F. The molecule has 1 rings (SSSR count). The first-order chi connectivity index (χ1) is 8.67. The molecule has 0 radical (unpaired) electrons.